The molecule has 0 aromatic rings. The molecule has 0 saturated heterocycles. The largest absolute Gasteiger partial charge is 0.462 e. The molecule has 0 aromatic carbocycles. The normalized spacial score (nSPS) is 13.6. The van der Waals surface area contributed by atoms with Gasteiger partial charge in [-0.15, -0.1) is 0 Å². The van der Waals surface area contributed by atoms with Crippen LogP contribution in [0.3, 0.4) is 0 Å². The number of allylic oxidation sites excluding steroid dienone is 8. The van der Waals surface area contributed by atoms with Crippen LogP contribution in [0.25, 0.3) is 0 Å². The fourth-order valence-electron chi connectivity index (χ4n) is 7.86. The zero-order valence-corrected chi connectivity index (χ0v) is 40.5. The van der Waals surface area contributed by atoms with Crippen molar-refractivity contribution in [2.45, 2.75) is 283 Å². The third kappa shape index (κ3) is 44.2. The van der Waals surface area contributed by atoms with Gasteiger partial charge in [-0.3, -0.25) is 9.59 Å². The Morgan fingerprint density at radius 3 is 1.38 bits per heavy atom. The lowest BCUT2D eigenvalue weighted by atomic mass is 10.0. The number of carbonyl (C=O) groups is 2. The standard InChI is InChI=1S/C55H101NO5/c1-4-7-10-13-16-19-22-25-27-29-31-34-37-40-43-46-51(61-55(60)48-45-42-39-36-33-30-28-26-23-20-17-14-11-8-5-2)49-54(59)56-52(50-57)53(58)47-44-41-38-35-32-24-21-18-15-12-9-6-3/h16-17,19-20,23,25-27,51-53,57-58H,4-15,18,21-22,24,28-50H2,1-3H3,(H,56,59)/b19-16-,20-17+,26-23+,27-25-. The highest BCUT2D eigenvalue weighted by Gasteiger charge is 2.24. The van der Waals surface area contributed by atoms with Crippen molar-refractivity contribution in [3.63, 3.8) is 0 Å². The second-order valence-electron chi connectivity index (χ2n) is 17.9. The lowest BCUT2D eigenvalue weighted by molar-refractivity contribution is -0.151. The second kappa shape index (κ2) is 48.8. The zero-order chi connectivity index (χ0) is 44.5. The van der Waals surface area contributed by atoms with Crippen molar-refractivity contribution in [2.75, 3.05) is 6.61 Å². The van der Waals surface area contributed by atoms with Crippen LogP contribution in [-0.2, 0) is 14.3 Å². The summed E-state index contributed by atoms with van der Waals surface area (Å²) in [6.07, 6.45) is 58.7. The first-order valence-corrected chi connectivity index (χ1v) is 26.4. The number of unbranched alkanes of at least 4 members (excludes halogenated alkanes) is 28. The molecule has 356 valence electrons. The Labute approximate surface area is 378 Å². The van der Waals surface area contributed by atoms with Gasteiger partial charge in [0.15, 0.2) is 0 Å². The van der Waals surface area contributed by atoms with E-state index in [0.717, 1.165) is 77.0 Å². The van der Waals surface area contributed by atoms with Gasteiger partial charge in [0.25, 0.3) is 0 Å². The average Bonchev–Trinajstić information content (AvgIpc) is 3.25. The van der Waals surface area contributed by atoms with Crippen molar-refractivity contribution in [3.05, 3.63) is 48.6 Å². The first kappa shape index (κ1) is 58.8. The molecule has 0 spiro atoms. The van der Waals surface area contributed by atoms with Gasteiger partial charge >= 0.3 is 5.97 Å². The molecular weight excluding hydrogens is 755 g/mol. The van der Waals surface area contributed by atoms with E-state index in [2.05, 4.69) is 74.7 Å². The van der Waals surface area contributed by atoms with Crippen molar-refractivity contribution < 1.29 is 24.5 Å². The highest BCUT2D eigenvalue weighted by Crippen LogP contribution is 2.18. The van der Waals surface area contributed by atoms with E-state index >= 15 is 0 Å². The second-order valence-corrected chi connectivity index (χ2v) is 17.9. The Morgan fingerprint density at radius 1 is 0.492 bits per heavy atom. The Hall–Kier alpha value is -2.18. The van der Waals surface area contributed by atoms with Crippen LogP contribution in [0.15, 0.2) is 48.6 Å². The third-order valence-corrected chi connectivity index (χ3v) is 11.9. The molecule has 0 heterocycles. The maximum Gasteiger partial charge on any atom is 0.306 e. The van der Waals surface area contributed by atoms with E-state index in [-0.39, 0.29) is 24.9 Å². The maximum atomic E-state index is 13.2. The van der Waals surface area contributed by atoms with Gasteiger partial charge in [0.2, 0.25) is 5.91 Å². The first-order chi connectivity index (χ1) is 30.0. The number of aliphatic hydroxyl groups excluding tert-OH is 2. The molecule has 3 N–H and O–H groups in total. The Bertz CT molecular complexity index is 1050. The lowest BCUT2D eigenvalue weighted by Crippen LogP contribution is -2.46. The molecule has 0 rings (SSSR count). The fraction of sp³-hybridized carbons (Fsp3) is 0.818. The molecule has 0 fully saturated rings. The molecular formula is C55H101NO5. The highest BCUT2D eigenvalue weighted by atomic mass is 16.5. The van der Waals surface area contributed by atoms with Crippen LogP contribution < -0.4 is 5.32 Å². The lowest BCUT2D eigenvalue weighted by Gasteiger charge is -2.24. The molecule has 61 heavy (non-hydrogen) atoms. The van der Waals surface area contributed by atoms with E-state index in [0.29, 0.717) is 19.3 Å². The number of amides is 1. The molecule has 3 unspecified atom stereocenters. The van der Waals surface area contributed by atoms with Crippen LogP contribution in [0.2, 0.25) is 0 Å². The number of hydrogen-bond acceptors (Lipinski definition) is 5. The molecule has 0 aliphatic heterocycles. The van der Waals surface area contributed by atoms with Crippen LogP contribution >= 0.6 is 0 Å². The first-order valence-electron chi connectivity index (χ1n) is 26.4. The summed E-state index contributed by atoms with van der Waals surface area (Å²) < 4.78 is 5.93. The number of hydrogen-bond donors (Lipinski definition) is 3. The fourth-order valence-corrected chi connectivity index (χ4v) is 7.86. The molecule has 0 radical (unpaired) electrons. The summed E-state index contributed by atoms with van der Waals surface area (Å²) in [4.78, 5) is 26.2. The maximum absolute atomic E-state index is 13.2. The SMILES string of the molecule is CCCCC/C=C\C/C=C\CCCCCCCC(CC(=O)NC(CO)C(O)CCCCCCCCCCCCCC)OC(=O)CCCCCCCC/C=C/C=C/CCCCC. The number of esters is 1. The molecule has 0 aliphatic rings. The quantitative estimate of drug-likeness (QED) is 0.0245. The van der Waals surface area contributed by atoms with Crippen molar-refractivity contribution >= 4 is 11.9 Å². The Balaban J connectivity index is 4.63. The molecule has 0 aromatic heterocycles. The van der Waals surface area contributed by atoms with Crippen molar-refractivity contribution in [1.82, 2.24) is 5.32 Å². The molecule has 3 atom stereocenters. The smallest absolute Gasteiger partial charge is 0.306 e. The number of carbonyl (C=O) groups excluding carboxylic acids is 2. The number of rotatable bonds is 47. The van der Waals surface area contributed by atoms with E-state index in [4.69, 9.17) is 4.74 Å². The minimum absolute atomic E-state index is 0.0640. The summed E-state index contributed by atoms with van der Waals surface area (Å²) in [5.41, 5.74) is 0. The number of ether oxygens (including phenoxy) is 1. The summed E-state index contributed by atoms with van der Waals surface area (Å²) >= 11 is 0. The molecule has 0 aliphatic carbocycles. The van der Waals surface area contributed by atoms with Crippen LogP contribution in [0.5, 0.6) is 0 Å². The van der Waals surface area contributed by atoms with E-state index < -0.39 is 18.2 Å². The van der Waals surface area contributed by atoms with E-state index in [1.165, 1.54) is 141 Å². The number of aliphatic hydroxyl groups is 2. The van der Waals surface area contributed by atoms with E-state index in [9.17, 15) is 19.8 Å². The predicted molar refractivity (Wildman–Crippen MR) is 264 cm³/mol. The van der Waals surface area contributed by atoms with Gasteiger partial charge in [-0.1, -0.05) is 217 Å². The van der Waals surface area contributed by atoms with Gasteiger partial charge < -0.3 is 20.3 Å². The molecule has 0 saturated carbocycles. The van der Waals surface area contributed by atoms with Gasteiger partial charge in [-0.25, -0.2) is 0 Å². The molecule has 6 nitrogen and oxygen atoms in total. The monoisotopic (exact) mass is 856 g/mol. The summed E-state index contributed by atoms with van der Waals surface area (Å²) in [6.45, 7) is 6.43. The predicted octanol–water partition coefficient (Wildman–Crippen LogP) is 15.8. The Kier molecular flexibility index (Phi) is 47.1. The van der Waals surface area contributed by atoms with Crippen LogP contribution in [0.4, 0.5) is 0 Å². The highest BCUT2D eigenvalue weighted by molar-refractivity contribution is 5.77. The van der Waals surface area contributed by atoms with Crippen molar-refractivity contribution in [2.24, 2.45) is 0 Å². The zero-order valence-electron chi connectivity index (χ0n) is 40.5. The summed E-state index contributed by atoms with van der Waals surface area (Å²) in [6, 6.07) is -0.708. The Morgan fingerprint density at radius 2 is 0.885 bits per heavy atom. The molecule has 6 heteroatoms. The van der Waals surface area contributed by atoms with Gasteiger partial charge in [0, 0.05) is 6.42 Å². The molecule has 1 amide bonds. The van der Waals surface area contributed by atoms with Gasteiger partial charge in [-0.2, -0.15) is 0 Å². The summed E-state index contributed by atoms with van der Waals surface area (Å²) in [5.74, 6) is -0.495. The summed E-state index contributed by atoms with van der Waals surface area (Å²) in [7, 11) is 0. The third-order valence-electron chi connectivity index (χ3n) is 11.9. The topological polar surface area (TPSA) is 95.9 Å². The molecule has 0 bridgehead atoms. The van der Waals surface area contributed by atoms with Crippen LogP contribution in [0, 0.1) is 0 Å². The van der Waals surface area contributed by atoms with Crippen LogP contribution in [0.1, 0.15) is 265 Å². The van der Waals surface area contributed by atoms with Gasteiger partial charge in [0.05, 0.1) is 25.2 Å². The van der Waals surface area contributed by atoms with Crippen LogP contribution in [-0.4, -0.2) is 46.9 Å². The minimum atomic E-state index is -0.793. The van der Waals surface area contributed by atoms with Gasteiger partial charge in [0.1, 0.15) is 6.10 Å². The van der Waals surface area contributed by atoms with Gasteiger partial charge in [-0.05, 0) is 83.5 Å². The average molecular weight is 856 g/mol. The number of nitrogens with one attached hydrogen (secondary N) is 1. The van der Waals surface area contributed by atoms with E-state index in [1.807, 2.05) is 0 Å². The van der Waals surface area contributed by atoms with Crippen molar-refractivity contribution in [3.8, 4) is 0 Å². The van der Waals surface area contributed by atoms with Crippen molar-refractivity contribution in [1.29, 1.82) is 0 Å². The van der Waals surface area contributed by atoms with E-state index in [1.54, 1.807) is 0 Å². The summed E-state index contributed by atoms with van der Waals surface area (Å²) in [5, 5.41) is 23.8. The minimum Gasteiger partial charge on any atom is -0.462 e.